The Morgan fingerprint density at radius 1 is 0.430 bits per heavy atom. The zero-order valence-electron chi connectivity index (χ0n) is 43.4. The maximum Gasteiger partial charge on any atom is 0.494 e. The van der Waals surface area contributed by atoms with Crippen LogP contribution in [0, 0.1) is 31.3 Å². The van der Waals surface area contributed by atoms with Crippen molar-refractivity contribution in [1.82, 2.24) is 34.9 Å². The fraction of sp³-hybridized carbons (Fsp3) is 0.203. The molecule has 8 heterocycles. The second kappa shape index (κ2) is 27.3. The Kier molecular flexibility index (Phi) is 20.9. The quantitative estimate of drug-likeness (QED) is 0.0900. The fourth-order valence-electron chi connectivity index (χ4n) is 7.93. The van der Waals surface area contributed by atoms with Gasteiger partial charge in [0, 0.05) is 109 Å². The van der Waals surface area contributed by atoms with E-state index in [2.05, 4.69) is 78.2 Å². The van der Waals surface area contributed by atoms with Gasteiger partial charge in [0.2, 0.25) is 17.6 Å². The van der Waals surface area contributed by atoms with E-state index in [1.807, 2.05) is 187 Å². The Morgan fingerprint density at radius 3 is 1.15 bits per heavy atom. The van der Waals surface area contributed by atoms with Gasteiger partial charge in [-0.25, -0.2) is 19.9 Å². The molecular weight excluding hydrogens is 1120 g/mol. The van der Waals surface area contributed by atoms with E-state index in [0.717, 1.165) is 77.6 Å². The van der Waals surface area contributed by atoms with Gasteiger partial charge < -0.3 is 23.5 Å². The van der Waals surface area contributed by atoms with Gasteiger partial charge in [-0.1, -0.05) is 34.4 Å². The van der Waals surface area contributed by atoms with Crippen LogP contribution in [0.1, 0.15) is 71.5 Å². The third-order valence-electron chi connectivity index (χ3n) is 12.9. The molecule has 0 saturated carbocycles. The summed E-state index contributed by atoms with van der Waals surface area (Å²) in [6, 6.07) is 41.2. The van der Waals surface area contributed by atoms with Crippen molar-refractivity contribution in [2.45, 2.75) is 88.9 Å². The number of ether oxygens (including phenoxy) is 3. The Balaban J connectivity index is 0.000000190. The molecule has 3 aromatic carbocycles. The molecule has 404 valence electrons. The molecule has 0 radical (unpaired) electrons. The predicted molar refractivity (Wildman–Crippen MR) is 331 cm³/mol. The number of thiazole rings is 1. The number of hydrogen-bond donors (Lipinski definition) is 0. The second-order valence-electron chi connectivity index (χ2n) is 18.9. The molecule has 0 spiro atoms. The lowest BCUT2D eigenvalue weighted by Crippen LogP contribution is -2.41. The van der Waals surface area contributed by atoms with E-state index in [1.165, 1.54) is 8.45 Å². The minimum atomic E-state index is -0.391. The van der Waals surface area contributed by atoms with E-state index in [-0.39, 0.29) is 33.5 Å². The minimum absolute atomic E-state index is 0. The fourth-order valence-corrected chi connectivity index (χ4v) is 9.06. The first-order chi connectivity index (χ1) is 36.7. The molecule has 79 heavy (non-hydrogen) atoms. The van der Waals surface area contributed by atoms with Crippen LogP contribution in [0.3, 0.4) is 0 Å². The molecule has 1 saturated heterocycles. The number of aromatic nitrogens is 7. The Bertz CT molecular complexity index is 3550. The third kappa shape index (κ3) is 14.9. The molecule has 0 amide bonds. The highest BCUT2D eigenvalue weighted by Crippen LogP contribution is 2.38. The highest BCUT2D eigenvalue weighted by molar-refractivity contribution is 14.1. The molecule has 0 bridgehead atoms. The van der Waals surface area contributed by atoms with Gasteiger partial charge >= 0.3 is 7.12 Å². The summed E-state index contributed by atoms with van der Waals surface area (Å²) in [6.45, 7) is 16.4. The average molecular weight is 1180 g/mol. The summed E-state index contributed by atoms with van der Waals surface area (Å²) < 4.78 is 31.5. The maximum atomic E-state index is 6.12. The van der Waals surface area contributed by atoms with Crippen molar-refractivity contribution in [3.8, 4) is 78.8 Å². The molecule has 0 aliphatic carbocycles. The molecule has 11 rings (SSSR count). The van der Waals surface area contributed by atoms with Crippen molar-refractivity contribution in [3.05, 3.63) is 214 Å². The highest BCUT2D eigenvalue weighted by Gasteiger charge is 2.51. The normalized spacial score (nSPS) is 12.6. The monoisotopic (exact) mass is 1180 g/mol. The molecule has 0 unspecified atom stereocenters. The summed E-state index contributed by atoms with van der Waals surface area (Å²) >= 11 is 3.95. The smallest absolute Gasteiger partial charge is 0.438 e. The molecule has 1 fully saturated rings. The van der Waals surface area contributed by atoms with Gasteiger partial charge in [-0.2, -0.15) is 0 Å². The molecule has 7 aromatic heterocycles. The topological polar surface area (TPSA) is 136 Å². The third-order valence-corrected chi connectivity index (χ3v) is 14.6. The molecule has 1 aliphatic heterocycles. The SMILES string of the molecule is C.C.C.Cc1ccncc1-c1cccnc1Oc1ccc(B2OC(C)(C)C(C)(C)O2)cc1.Cc1ccncc1-c1cccnc1Oc1ccc(I)cc1.Cc1cnc(-c2ccc(Oc3ncccc3-c3cnccc3C)cc2)s1. The lowest BCUT2D eigenvalue weighted by molar-refractivity contribution is 0.00578. The summed E-state index contributed by atoms with van der Waals surface area (Å²) in [7, 11) is -0.391. The first kappa shape index (κ1) is 60.5. The zero-order valence-corrected chi connectivity index (χ0v) is 46.4. The van der Waals surface area contributed by atoms with Crippen molar-refractivity contribution >= 4 is 46.5 Å². The van der Waals surface area contributed by atoms with Crippen LogP contribution in [0.15, 0.2) is 189 Å². The van der Waals surface area contributed by atoms with Crippen LogP contribution in [0.25, 0.3) is 44.0 Å². The molecule has 10 aromatic rings. The van der Waals surface area contributed by atoms with E-state index in [9.17, 15) is 0 Å². The molecular formula is C64H67BIN7O5S. The van der Waals surface area contributed by atoms with E-state index in [4.69, 9.17) is 23.5 Å². The number of hydrogen-bond acceptors (Lipinski definition) is 13. The first-order valence-corrected chi connectivity index (χ1v) is 26.5. The number of aryl methyl sites for hydroxylation is 4. The molecule has 12 nitrogen and oxygen atoms in total. The standard InChI is InChI=1S/C23H25BN2O3.C21H17N3OS.C17H13IN2O.3CH4/c1-16-12-14-25-15-20(16)19-7-6-13-26-21(19)27-18-10-8-17(9-11-18)24-28-22(2,3)23(4,5)29-24;1-14-9-11-22-13-19(14)18-4-3-10-23-20(18)25-17-7-5-16(6-8-17)21-24-12-15(2)26-21;1-12-8-10-19-11-16(12)15-3-2-9-20-17(15)21-14-6-4-13(18)5-7-14;;;/h6-15H,1-5H3;3-13H,1-2H3;2-11H,1H3;3*1H4. The van der Waals surface area contributed by atoms with Gasteiger partial charge in [-0.3, -0.25) is 15.0 Å². The molecule has 0 N–H and O–H groups in total. The van der Waals surface area contributed by atoms with Crippen molar-refractivity contribution < 1.29 is 23.5 Å². The summed E-state index contributed by atoms with van der Waals surface area (Å²) in [5.41, 5.74) is 10.6. The van der Waals surface area contributed by atoms with Crippen LogP contribution in [0.2, 0.25) is 0 Å². The largest absolute Gasteiger partial charge is 0.494 e. The van der Waals surface area contributed by atoms with Gasteiger partial charge in [0.25, 0.3) is 0 Å². The summed E-state index contributed by atoms with van der Waals surface area (Å²) in [6.07, 6.45) is 18.0. The van der Waals surface area contributed by atoms with Crippen LogP contribution >= 0.6 is 33.9 Å². The van der Waals surface area contributed by atoms with Crippen molar-refractivity contribution in [3.63, 3.8) is 0 Å². The molecule has 0 atom stereocenters. The van der Waals surface area contributed by atoms with E-state index in [0.29, 0.717) is 23.4 Å². The second-order valence-corrected chi connectivity index (χ2v) is 21.3. The molecule has 1 aliphatic rings. The summed E-state index contributed by atoms with van der Waals surface area (Å²) in [5.74, 6) is 3.93. The maximum absolute atomic E-state index is 6.12. The zero-order chi connectivity index (χ0) is 53.2. The van der Waals surface area contributed by atoms with Gasteiger partial charge in [-0.15, -0.1) is 11.3 Å². The van der Waals surface area contributed by atoms with E-state index >= 15 is 0 Å². The number of rotatable bonds is 11. The van der Waals surface area contributed by atoms with Crippen LogP contribution in [0.5, 0.6) is 34.9 Å². The van der Waals surface area contributed by atoms with E-state index < -0.39 is 7.12 Å². The van der Waals surface area contributed by atoms with Crippen molar-refractivity contribution in [1.29, 1.82) is 0 Å². The van der Waals surface area contributed by atoms with Crippen LogP contribution in [0.4, 0.5) is 0 Å². The number of pyridine rings is 6. The average Bonchev–Trinajstić information content (AvgIpc) is 4.05. The first-order valence-electron chi connectivity index (χ1n) is 24.6. The number of halogens is 1. The van der Waals surface area contributed by atoms with Crippen LogP contribution in [-0.4, -0.2) is 53.2 Å². The molecule has 15 heteroatoms. The van der Waals surface area contributed by atoms with Crippen molar-refractivity contribution in [2.75, 3.05) is 0 Å². The Labute approximate surface area is 484 Å². The van der Waals surface area contributed by atoms with Crippen molar-refractivity contribution in [2.24, 2.45) is 0 Å². The van der Waals surface area contributed by atoms with E-state index in [1.54, 1.807) is 48.5 Å². The number of benzene rings is 3. The lowest BCUT2D eigenvalue weighted by atomic mass is 9.79. The number of nitrogens with zero attached hydrogens (tertiary/aromatic N) is 7. The Morgan fingerprint density at radius 2 is 0.797 bits per heavy atom. The van der Waals surface area contributed by atoms with Crippen LogP contribution in [-0.2, 0) is 9.31 Å². The minimum Gasteiger partial charge on any atom is -0.438 e. The van der Waals surface area contributed by atoms with Gasteiger partial charge in [-0.05, 0) is 215 Å². The predicted octanol–water partition coefficient (Wildman–Crippen LogP) is 17.0. The summed E-state index contributed by atoms with van der Waals surface area (Å²) in [5, 5.41) is 1.01. The van der Waals surface area contributed by atoms with Gasteiger partial charge in [0.15, 0.2) is 0 Å². The lowest BCUT2D eigenvalue weighted by Gasteiger charge is -2.32. The van der Waals surface area contributed by atoms with Gasteiger partial charge in [0.1, 0.15) is 22.3 Å². The van der Waals surface area contributed by atoms with Gasteiger partial charge in [0.05, 0.1) is 11.2 Å². The highest BCUT2D eigenvalue weighted by atomic mass is 127. The van der Waals surface area contributed by atoms with Crippen LogP contribution < -0.4 is 19.7 Å². The Hall–Kier alpha value is -7.70. The summed E-state index contributed by atoms with van der Waals surface area (Å²) in [4.78, 5) is 31.5.